The van der Waals surface area contributed by atoms with Gasteiger partial charge in [0.2, 0.25) is 11.9 Å². The molecule has 3 N–H and O–H groups in total. The lowest BCUT2D eigenvalue weighted by atomic mass is 10.2. The Kier molecular flexibility index (Phi) is 4.50. The van der Waals surface area contributed by atoms with Crippen molar-refractivity contribution in [2.24, 2.45) is 0 Å². The van der Waals surface area contributed by atoms with Crippen LogP contribution in [0.5, 0.6) is 0 Å². The van der Waals surface area contributed by atoms with E-state index in [0.29, 0.717) is 6.42 Å². The quantitative estimate of drug-likeness (QED) is 0.503. The van der Waals surface area contributed by atoms with Crippen molar-refractivity contribution < 1.29 is 24.6 Å². The second-order valence-electron chi connectivity index (χ2n) is 2.43. The van der Waals surface area contributed by atoms with Gasteiger partial charge in [-0.25, -0.2) is 9.59 Å². The Morgan fingerprint density at radius 2 is 1.69 bits per heavy atom. The fraction of sp³-hybridized carbons (Fsp3) is 0.571. The van der Waals surface area contributed by atoms with E-state index in [0.717, 1.165) is 0 Å². The Hall–Kier alpha value is -1.59. The van der Waals surface area contributed by atoms with Gasteiger partial charge in [-0.3, -0.25) is 4.79 Å². The maximum atomic E-state index is 10.8. The van der Waals surface area contributed by atoms with Gasteiger partial charge in [0, 0.05) is 6.42 Å². The number of aliphatic carboxylic acids is 2. The van der Waals surface area contributed by atoms with Gasteiger partial charge in [-0.2, -0.15) is 0 Å². The number of rotatable bonds is 5. The molecule has 0 aliphatic heterocycles. The molecule has 74 valence electrons. The number of carboxylic acids is 2. The highest BCUT2D eigenvalue weighted by molar-refractivity contribution is 6.00. The van der Waals surface area contributed by atoms with Crippen molar-refractivity contribution in [3.05, 3.63) is 0 Å². The molecule has 0 atom stereocenters. The van der Waals surface area contributed by atoms with Gasteiger partial charge in [-0.05, 0) is 6.42 Å². The molecule has 0 radical (unpaired) electrons. The summed E-state index contributed by atoms with van der Waals surface area (Å²) in [5, 5.41) is 18.6. The molecule has 0 rings (SSSR count). The van der Waals surface area contributed by atoms with Gasteiger partial charge in [0.05, 0.1) is 0 Å². The molecule has 13 heavy (non-hydrogen) atoms. The Morgan fingerprint density at radius 1 is 1.23 bits per heavy atom. The third kappa shape index (κ3) is 4.09. The van der Waals surface area contributed by atoms with E-state index in [9.17, 15) is 14.4 Å². The van der Waals surface area contributed by atoms with E-state index in [4.69, 9.17) is 10.2 Å². The zero-order chi connectivity index (χ0) is 10.4. The van der Waals surface area contributed by atoms with Crippen molar-refractivity contribution in [2.75, 3.05) is 0 Å². The van der Waals surface area contributed by atoms with Crippen LogP contribution in [-0.2, 0) is 14.4 Å². The standard InChI is InChI=1S/C7H11NO5/c1-2-3-4(9)8-5(6(10)11)7(12)13/h5H,2-3H2,1H3,(H,8,9)(H,10,11)(H,12,13). The molecule has 0 aliphatic carbocycles. The summed E-state index contributed by atoms with van der Waals surface area (Å²) < 4.78 is 0. The summed E-state index contributed by atoms with van der Waals surface area (Å²) in [5.74, 6) is -3.72. The van der Waals surface area contributed by atoms with E-state index in [1.807, 2.05) is 5.32 Å². The van der Waals surface area contributed by atoms with Gasteiger partial charge in [-0.15, -0.1) is 0 Å². The highest BCUT2D eigenvalue weighted by Crippen LogP contribution is 1.90. The number of carboxylic acid groups (broad SMARTS) is 2. The lowest BCUT2D eigenvalue weighted by Gasteiger charge is -2.08. The number of nitrogens with one attached hydrogen (secondary N) is 1. The van der Waals surface area contributed by atoms with Crippen molar-refractivity contribution in [3.63, 3.8) is 0 Å². The van der Waals surface area contributed by atoms with E-state index >= 15 is 0 Å². The molecular formula is C7H11NO5. The van der Waals surface area contributed by atoms with Crippen LogP contribution in [0, 0.1) is 0 Å². The highest BCUT2D eigenvalue weighted by Gasteiger charge is 2.26. The first kappa shape index (κ1) is 11.4. The lowest BCUT2D eigenvalue weighted by molar-refractivity contribution is -0.153. The van der Waals surface area contributed by atoms with E-state index in [1.54, 1.807) is 6.92 Å². The first-order valence-corrected chi connectivity index (χ1v) is 3.74. The van der Waals surface area contributed by atoms with Gasteiger partial charge in [0.1, 0.15) is 0 Å². The Labute approximate surface area is 74.6 Å². The third-order valence-electron chi connectivity index (χ3n) is 1.28. The van der Waals surface area contributed by atoms with Crippen LogP contribution in [0.3, 0.4) is 0 Å². The topological polar surface area (TPSA) is 104 Å². The van der Waals surface area contributed by atoms with Crippen molar-refractivity contribution in [1.29, 1.82) is 0 Å². The second-order valence-corrected chi connectivity index (χ2v) is 2.43. The maximum absolute atomic E-state index is 10.8. The smallest absolute Gasteiger partial charge is 0.338 e. The van der Waals surface area contributed by atoms with Gasteiger partial charge < -0.3 is 15.5 Å². The summed E-state index contributed by atoms with van der Waals surface area (Å²) in [4.78, 5) is 31.4. The second kappa shape index (κ2) is 5.13. The molecule has 0 fully saturated rings. The molecule has 0 unspecified atom stereocenters. The minimum Gasteiger partial charge on any atom is -0.479 e. The molecule has 0 bridgehead atoms. The van der Waals surface area contributed by atoms with Crippen LogP contribution in [-0.4, -0.2) is 34.1 Å². The molecule has 6 nitrogen and oxygen atoms in total. The van der Waals surface area contributed by atoms with Crippen LogP contribution in [0.25, 0.3) is 0 Å². The van der Waals surface area contributed by atoms with Crippen LogP contribution in [0.1, 0.15) is 19.8 Å². The van der Waals surface area contributed by atoms with Crippen LogP contribution >= 0.6 is 0 Å². The van der Waals surface area contributed by atoms with Gasteiger partial charge in [-0.1, -0.05) is 6.92 Å². The Morgan fingerprint density at radius 3 is 2.00 bits per heavy atom. The molecule has 0 saturated carbocycles. The van der Waals surface area contributed by atoms with Gasteiger partial charge in [0.25, 0.3) is 0 Å². The summed E-state index contributed by atoms with van der Waals surface area (Å²) in [5.41, 5.74) is 0. The minimum absolute atomic E-state index is 0.122. The number of carbonyl (C=O) groups is 3. The van der Waals surface area contributed by atoms with E-state index in [-0.39, 0.29) is 6.42 Å². The number of amides is 1. The highest BCUT2D eigenvalue weighted by atomic mass is 16.4. The van der Waals surface area contributed by atoms with Gasteiger partial charge >= 0.3 is 11.9 Å². The molecule has 0 aromatic carbocycles. The molecule has 1 amide bonds. The predicted octanol–water partition coefficient (Wildman–Crippen LogP) is -0.559. The fourth-order valence-corrected chi connectivity index (χ4v) is 0.689. The molecule has 0 heterocycles. The van der Waals surface area contributed by atoms with E-state index in [1.165, 1.54) is 0 Å². The van der Waals surface area contributed by atoms with Crippen LogP contribution in [0.4, 0.5) is 0 Å². The molecule has 0 aromatic heterocycles. The zero-order valence-electron chi connectivity index (χ0n) is 7.11. The van der Waals surface area contributed by atoms with E-state index < -0.39 is 23.9 Å². The monoisotopic (exact) mass is 189 g/mol. The van der Waals surface area contributed by atoms with Crippen LogP contribution in [0.2, 0.25) is 0 Å². The molecule has 0 saturated heterocycles. The maximum Gasteiger partial charge on any atom is 0.338 e. The van der Waals surface area contributed by atoms with Crippen molar-refractivity contribution in [3.8, 4) is 0 Å². The lowest BCUT2D eigenvalue weighted by Crippen LogP contribution is -2.46. The normalized spacial score (nSPS) is 9.69. The fourth-order valence-electron chi connectivity index (χ4n) is 0.689. The summed E-state index contributed by atoms with van der Waals surface area (Å²) in [6.45, 7) is 1.73. The Bertz CT molecular complexity index is 211. The average Bonchev–Trinajstić information content (AvgIpc) is 1.99. The molecular weight excluding hydrogens is 178 g/mol. The summed E-state index contributed by atoms with van der Waals surface area (Å²) in [7, 11) is 0. The minimum atomic E-state index is -1.85. The summed E-state index contributed by atoms with van der Waals surface area (Å²) in [6, 6.07) is -1.85. The van der Waals surface area contributed by atoms with E-state index in [2.05, 4.69) is 0 Å². The molecule has 0 aliphatic rings. The van der Waals surface area contributed by atoms with Gasteiger partial charge in [0.15, 0.2) is 0 Å². The zero-order valence-corrected chi connectivity index (χ0v) is 7.11. The average molecular weight is 189 g/mol. The Balaban J connectivity index is 4.19. The van der Waals surface area contributed by atoms with Crippen LogP contribution in [0.15, 0.2) is 0 Å². The summed E-state index contributed by atoms with van der Waals surface area (Å²) >= 11 is 0. The number of hydrogen-bond acceptors (Lipinski definition) is 3. The molecule has 0 aromatic rings. The third-order valence-corrected chi connectivity index (χ3v) is 1.28. The number of carbonyl (C=O) groups excluding carboxylic acids is 1. The molecule has 6 heteroatoms. The summed E-state index contributed by atoms with van der Waals surface area (Å²) in [6.07, 6.45) is 0.662. The van der Waals surface area contributed by atoms with Crippen LogP contribution < -0.4 is 5.32 Å². The van der Waals surface area contributed by atoms with Crippen molar-refractivity contribution >= 4 is 17.8 Å². The van der Waals surface area contributed by atoms with Crippen molar-refractivity contribution in [1.82, 2.24) is 5.32 Å². The first-order chi connectivity index (χ1) is 5.99. The molecule has 0 spiro atoms. The SMILES string of the molecule is CCCC(=O)NC(C(=O)O)C(=O)O. The predicted molar refractivity (Wildman–Crippen MR) is 42.1 cm³/mol. The largest absolute Gasteiger partial charge is 0.479 e. The first-order valence-electron chi connectivity index (χ1n) is 3.74. The van der Waals surface area contributed by atoms with Crippen molar-refractivity contribution in [2.45, 2.75) is 25.8 Å². The number of hydrogen-bond donors (Lipinski definition) is 3.